The zero-order valence-electron chi connectivity index (χ0n) is 11.4. The Balaban J connectivity index is 2.30. The van der Waals surface area contributed by atoms with Crippen LogP contribution in [-0.4, -0.2) is 52.7 Å². The van der Waals surface area contributed by atoms with E-state index in [1.165, 1.54) is 18.2 Å². The van der Waals surface area contributed by atoms with Gasteiger partial charge in [0.05, 0.1) is 35.8 Å². The van der Waals surface area contributed by atoms with Crippen LogP contribution < -0.4 is 0 Å². The lowest BCUT2D eigenvalue weighted by molar-refractivity contribution is -0.384. The number of nitrogens with zero attached hydrogens (tertiary/aromatic N) is 2. The first-order chi connectivity index (χ1) is 9.93. The summed E-state index contributed by atoms with van der Waals surface area (Å²) in [6, 6.07) is 3.91. The number of ether oxygens (including phenoxy) is 1. The van der Waals surface area contributed by atoms with E-state index in [2.05, 4.69) is 15.9 Å². The number of non-ortho nitro benzene ring substituents is 1. The van der Waals surface area contributed by atoms with Crippen LogP contribution in [0.15, 0.2) is 22.7 Å². The van der Waals surface area contributed by atoms with Crippen LogP contribution in [-0.2, 0) is 4.74 Å². The summed E-state index contributed by atoms with van der Waals surface area (Å²) in [5, 5.41) is 20.0. The molecule has 2 unspecified atom stereocenters. The molecule has 1 amide bonds. The third kappa shape index (κ3) is 3.39. The molecule has 114 valence electrons. The Kier molecular flexibility index (Phi) is 4.92. The van der Waals surface area contributed by atoms with Crippen molar-refractivity contribution in [3.05, 3.63) is 38.3 Å². The lowest BCUT2D eigenvalue weighted by Crippen LogP contribution is -2.52. The first-order valence-corrected chi connectivity index (χ1v) is 7.20. The Morgan fingerprint density at radius 1 is 1.62 bits per heavy atom. The number of rotatable bonds is 3. The first-order valence-electron chi connectivity index (χ1n) is 6.41. The van der Waals surface area contributed by atoms with Crippen molar-refractivity contribution in [2.24, 2.45) is 0 Å². The number of hydrogen-bond donors (Lipinski definition) is 1. The van der Waals surface area contributed by atoms with Crippen molar-refractivity contribution in [3.63, 3.8) is 0 Å². The number of aliphatic hydroxyl groups excluding tert-OH is 1. The maximum absolute atomic E-state index is 12.6. The number of halogens is 1. The van der Waals surface area contributed by atoms with E-state index in [1.54, 1.807) is 4.90 Å². The van der Waals surface area contributed by atoms with Gasteiger partial charge in [-0.2, -0.15) is 0 Å². The highest BCUT2D eigenvalue weighted by Gasteiger charge is 2.31. The van der Waals surface area contributed by atoms with Gasteiger partial charge in [-0.15, -0.1) is 0 Å². The Bertz CT molecular complexity index is 565. The molecule has 1 fully saturated rings. The summed E-state index contributed by atoms with van der Waals surface area (Å²) < 4.78 is 5.88. The second-order valence-electron chi connectivity index (χ2n) is 4.87. The van der Waals surface area contributed by atoms with E-state index in [1.807, 2.05) is 6.92 Å². The van der Waals surface area contributed by atoms with Crippen LogP contribution in [0, 0.1) is 10.1 Å². The van der Waals surface area contributed by atoms with Gasteiger partial charge in [0.1, 0.15) is 0 Å². The maximum atomic E-state index is 12.6. The number of nitro groups is 1. The predicted molar refractivity (Wildman–Crippen MR) is 78.1 cm³/mol. The Labute approximate surface area is 129 Å². The molecule has 2 atom stereocenters. The Morgan fingerprint density at radius 2 is 2.33 bits per heavy atom. The molecule has 0 saturated carbocycles. The van der Waals surface area contributed by atoms with Gasteiger partial charge in [0, 0.05) is 23.2 Å². The van der Waals surface area contributed by atoms with Gasteiger partial charge >= 0.3 is 0 Å². The SMILES string of the molecule is CC1COC(CO)CN1C(=O)c1cc([N+](=O)[O-])ccc1Br. The molecule has 1 aliphatic heterocycles. The minimum atomic E-state index is -0.539. The van der Waals surface area contributed by atoms with Gasteiger partial charge in [-0.05, 0) is 28.9 Å². The third-order valence-electron chi connectivity index (χ3n) is 3.36. The summed E-state index contributed by atoms with van der Waals surface area (Å²) in [5.74, 6) is -0.320. The molecule has 8 heteroatoms. The summed E-state index contributed by atoms with van der Waals surface area (Å²) in [4.78, 5) is 24.5. The molecular weight excluding hydrogens is 344 g/mol. The van der Waals surface area contributed by atoms with Crippen molar-refractivity contribution in [1.82, 2.24) is 4.90 Å². The molecule has 1 aromatic rings. The van der Waals surface area contributed by atoms with Crippen LogP contribution in [0.1, 0.15) is 17.3 Å². The number of hydrogen-bond acceptors (Lipinski definition) is 5. The number of benzene rings is 1. The van der Waals surface area contributed by atoms with E-state index in [0.29, 0.717) is 11.1 Å². The van der Waals surface area contributed by atoms with Crippen molar-refractivity contribution in [2.75, 3.05) is 19.8 Å². The average Bonchev–Trinajstić information content (AvgIpc) is 2.47. The molecule has 7 nitrogen and oxygen atoms in total. The number of carbonyl (C=O) groups is 1. The average molecular weight is 359 g/mol. The smallest absolute Gasteiger partial charge is 0.270 e. The fourth-order valence-electron chi connectivity index (χ4n) is 2.16. The van der Waals surface area contributed by atoms with Gasteiger partial charge in [-0.1, -0.05) is 0 Å². The molecule has 0 radical (unpaired) electrons. The lowest BCUT2D eigenvalue weighted by Gasteiger charge is -2.37. The van der Waals surface area contributed by atoms with Crippen molar-refractivity contribution in [3.8, 4) is 0 Å². The molecular formula is C13H15BrN2O5. The van der Waals surface area contributed by atoms with E-state index >= 15 is 0 Å². The maximum Gasteiger partial charge on any atom is 0.270 e. The molecule has 0 bridgehead atoms. The molecule has 0 aromatic heterocycles. The van der Waals surface area contributed by atoms with E-state index in [4.69, 9.17) is 9.84 Å². The molecule has 2 rings (SSSR count). The summed E-state index contributed by atoms with van der Waals surface area (Å²) in [6.45, 7) is 2.23. The number of morpholine rings is 1. The van der Waals surface area contributed by atoms with E-state index in [-0.39, 0.29) is 36.4 Å². The lowest BCUT2D eigenvalue weighted by atomic mass is 10.1. The van der Waals surface area contributed by atoms with Crippen LogP contribution in [0.5, 0.6) is 0 Å². The Morgan fingerprint density at radius 3 is 2.95 bits per heavy atom. The molecule has 1 N–H and O–H groups in total. The number of aliphatic hydroxyl groups is 1. The van der Waals surface area contributed by atoms with Gasteiger partial charge in [-0.3, -0.25) is 14.9 Å². The molecule has 1 aliphatic rings. The molecule has 1 saturated heterocycles. The summed E-state index contributed by atoms with van der Waals surface area (Å²) in [7, 11) is 0. The zero-order chi connectivity index (χ0) is 15.6. The second kappa shape index (κ2) is 6.50. The van der Waals surface area contributed by atoms with Gasteiger partial charge in [0.25, 0.3) is 11.6 Å². The fourth-order valence-corrected chi connectivity index (χ4v) is 2.57. The number of amides is 1. The molecule has 0 spiro atoms. The highest BCUT2D eigenvalue weighted by atomic mass is 79.9. The van der Waals surface area contributed by atoms with Crippen LogP contribution >= 0.6 is 15.9 Å². The number of carbonyl (C=O) groups excluding carboxylic acids is 1. The van der Waals surface area contributed by atoms with E-state index in [0.717, 1.165) is 0 Å². The molecule has 0 aliphatic carbocycles. The van der Waals surface area contributed by atoms with Crippen molar-refractivity contribution in [1.29, 1.82) is 0 Å². The Hall–Kier alpha value is -1.51. The standard InChI is InChI=1S/C13H15BrN2O5/c1-8-7-21-10(6-17)5-15(8)13(18)11-4-9(16(19)20)2-3-12(11)14/h2-4,8,10,17H,5-7H2,1H3. The first kappa shape index (κ1) is 15.9. The minimum absolute atomic E-state index is 0.138. The highest BCUT2D eigenvalue weighted by Crippen LogP contribution is 2.25. The van der Waals surface area contributed by atoms with Gasteiger partial charge < -0.3 is 14.7 Å². The van der Waals surface area contributed by atoms with Crippen LogP contribution in [0.4, 0.5) is 5.69 Å². The monoisotopic (exact) mass is 358 g/mol. The van der Waals surface area contributed by atoms with Crippen molar-refractivity contribution in [2.45, 2.75) is 19.1 Å². The quantitative estimate of drug-likeness (QED) is 0.653. The third-order valence-corrected chi connectivity index (χ3v) is 4.05. The van der Waals surface area contributed by atoms with Crippen LogP contribution in [0.3, 0.4) is 0 Å². The zero-order valence-corrected chi connectivity index (χ0v) is 12.9. The van der Waals surface area contributed by atoms with Gasteiger partial charge in [0.15, 0.2) is 0 Å². The van der Waals surface area contributed by atoms with Crippen LogP contribution in [0.2, 0.25) is 0 Å². The van der Waals surface area contributed by atoms with Crippen molar-refractivity contribution < 1.29 is 19.6 Å². The largest absolute Gasteiger partial charge is 0.394 e. The van der Waals surface area contributed by atoms with Crippen LogP contribution in [0.25, 0.3) is 0 Å². The van der Waals surface area contributed by atoms with Gasteiger partial charge in [0.2, 0.25) is 0 Å². The van der Waals surface area contributed by atoms with E-state index < -0.39 is 11.0 Å². The summed E-state index contributed by atoms with van der Waals surface area (Å²) in [5.41, 5.74) is 0.0933. The normalized spacial score (nSPS) is 22.1. The molecule has 21 heavy (non-hydrogen) atoms. The molecule has 1 aromatic carbocycles. The second-order valence-corrected chi connectivity index (χ2v) is 5.72. The fraction of sp³-hybridized carbons (Fsp3) is 0.462. The predicted octanol–water partition coefficient (Wildman–Crippen LogP) is 1.58. The highest BCUT2D eigenvalue weighted by molar-refractivity contribution is 9.10. The number of nitro benzene ring substituents is 1. The summed E-state index contributed by atoms with van der Waals surface area (Å²) in [6.07, 6.45) is -0.428. The molecule has 1 heterocycles. The van der Waals surface area contributed by atoms with E-state index in [9.17, 15) is 14.9 Å². The summed E-state index contributed by atoms with van der Waals surface area (Å²) >= 11 is 3.25. The minimum Gasteiger partial charge on any atom is -0.394 e. The topological polar surface area (TPSA) is 92.9 Å². The van der Waals surface area contributed by atoms with Gasteiger partial charge in [-0.25, -0.2) is 0 Å². The van der Waals surface area contributed by atoms with Crippen molar-refractivity contribution >= 4 is 27.5 Å².